The minimum atomic E-state index is -4.71. The third-order valence-electron chi connectivity index (χ3n) is 7.21. The standard InChI is InChI=1S/C30H32F4N6O4Si/c1-18-26(28(44-38-18)29(41)42-2)27(22-8-6-19(12-23(22)31)20-14-36-40(15-20)30(32,33)34)37-21-7-9-25-24(13-21)35-16-39(25)17-43-10-11-45(3,4)5/h6-9,12-16,27,37H,10-11,17H2,1-5H3. The molecule has 0 fully saturated rings. The Hall–Kier alpha value is -4.50. The van der Waals surface area contributed by atoms with E-state index in [1.165, 1.54) is 19.2 Å². The summed E-state index contributed by atoms with van der Waals surface area (Å²) in [4.78, 5) is 17.1. The van der Waals surface area contributed by atoms with E-state index in [1.807, 2.05) is 10.6 Å². The van der Waals surface area contributed by atoms with Crippen LogP contribution in [0.25, 0.3) is 22.2 Å². The van der Waals surface area contributed by atoms with Crippen LogP contribution in [0.1, 0.15) is 33.4 Å². The maximum absolute atomic E-state index is 15.9. The van der Waals surface area contributed by atoms with Crippen molar-refractivity contribution in [1.29, 1.82) is 0 Å². The number of halogens is 4. The number of nitrogens with one attached hydrogen (secondary N) is 1. The molecule has 1 N–H and O–H groups in total. The van der Waals surface area contributed by atoms with Gasteiger partial charge in [-0.1, -0.05) is 36.9 Å². The summed E-state index contributed by atoms with van der Waals surface area (Å²) in [6.45, 7) is 9.46. The Morgan fingerprint density at radius 3 is 2.58 bits per heavy atom. The highest BCUT2D eigenvalue weighted by Crippen LogP contribution is 2.36. The van der Waals surface area contributed by atoms with Gasteiger partial charge in [0, 0.05) is 37.7 Å². The lowest BCUT2D eigenvalue weighted by Crippen LogP contribution is -2.21. The van der Waals surface area contributed by atoms with Crippen molar-refractivity contribution >= 4 is 30.8 Å². The molecule has 0 saturated carbocycles. The normalized spacial score (nSPS) is 12.9. The molecule has 0 amide bonds. The maximum Gasteiger partial charge on any atom is 0.504 e. The average molecular weight is 645 g/mol. The van der Waals surface area contributed by atoms with Crippen LogP contribution < -0.4 is 5.32 Å². The fourth-order valence-corrected chi connectivity index (χ4v) is 5.53. The van der Waals surface area contributed by atoms with Gasteiger partial charge in [0.2, 0.25) is 5.76 Å². The molecular weight excluding hydrogens is 612 g/mol. The molecule has 5 rings (SSSR count). The maximum atomic E-state index is 15.9. The van der Waals surface area contributed by atoms with Crippen molar-refractivity contribution in [3.05, 3.63) is 83.5 Å². The van der Waals surface area contributed by atoms with Crippen molar-refractivity contribution in [3.63, 3.8) is 0 Å². The quantitative estimate of drug-likeness (QED) is 0.0701. The van der Waals surface area contributed by atoms with Gasteiger partial charge >= 0.3 is 12.3 Å². The van der Waals surface area contributed by atoms with E-state index >= 15 is 4.39 Å². The Bertz CT molecular complexity index is 1830. The number of fused-ring (bicyclic) bond motifs is 1. The Balaban J connectivity index is 1.48. The second-order valence-electron chi connectivity index (χ2n) is 11.7. The van der Waals surface area contributed by atoms with Crippen LogP contribution in [0.4, 0.5) is 23.2 Å². The van der Waals surface area contributed by atoms with E-state index in [0.29, 0.717) is 30.2 Å². The van der Waals surface area contributed by atoms with Gasteiger partial charge in [-0.15, -0.1) is 13.2 Å². The van der Waals surface area contributed by atoms with Crippen LogP contribution in [-0.4, -0.2) is 52.2 Å². The van der Waals surface area contributed by atoms with Crippen molar-refractivity contribution < 1.29 is 36.4 Å². The van der Waals surface area contributed by atoms with Gasteiger partial charge in [0.05, 0.1) is 48.0 Å². The smallest absolute Gasteiger partial charge is 0.463 e. The number of ether oxygens (including phenoxy) is 2. The van der Waals surface area contributed by atoms with Crippen molar-refractivity contribution in [2.45, 2.75) is 51.7 Å². The average Bonchev–Trinajstić information content (AvgIpc) is 3.72. The zero-order valence-corrected chi connectivity index (χ0v) is 26.3. The third kappa shape index (κ3) is 7.09. The molecule has 2 aromatic carbocycles. The molecule has 45 heavy (non-hydrogen) atoms. The number of hydrogen-bond acceptors (Lipinski definition) is 8. The van der Waals surface area contributed by atoms with Gasteiger partial charge in [0.15, 0.2) is 0 Å². The van der Waals surface area contributed by atoms with Gasteiger partial charge in [-0.05, 0) is 42.8 Å². The molecule has 1 atom stereocenters. The first-order chi connectivity index (χ1) is 21.2. The van der Waals surface area contributed by atoms with Crippen LogP contribution in [0.5, 0.6) is 0 Å². The minimum Gasteiger partial charge on any atom is -0.463 e. The zero-order chi connectivity index (χ0) is 32.5. The number of methoxy groups -OCH3 is 1. The lowest BCUT2D eigenvalue weighted by atomic mass is 9.94. The highest BCUT2D eigenvalue weighted by atomic mass is 28.3. The Kier molecular flexibility index (Phi) is 8.85. The van der Waals surface area contributed by atoms with Gasteiger partial charge in [-0.25, -0.2) is 14.2 Å². The predicted molar refractivity (Wildman–Crippen MR) is 161 cm³/mol. The molecule has 0 bridgehead atoms. The van der Waals surface area contributed by atoms with Crippen LogP contribution >= 0.6 is 0 Å². The van der Waals surface area contributed by atoms with E-state index in [1.54, 1.807) is 25.4 Å². The lowest BCUT2D eigenvalue weighted by molar-refractivity contribution is -0.212. The van der Waals surface area contributed by atoms with Crippen LogP contribution in [0.2, 0.25) is 25.7 Å². The van der Waals surface area contributed by atoms with Crippen molar-refractivity contribution in [3.8, 4) is 11.1 Å². The van der Waals surface area contributed by atoms with E-state index in [4.69, 9.17) is 14.0 Å². The molecule has 0 spiro atoms. The summed E-state index contributed by atoms with van der Waals surface area (Å²) in [6, 6.07) is 9.44. The molecule has 3 aromatic heterocycles. The van der Waals surface area contributed by atoms with Crippen molar-refractivity contribution in [2.75, 3.05) is 19.0 Å². The highest BCUT2D eigenvalue weighted by molar-refractivity contribution is 6.76. The van der Waals surface area contributed by atoms with E-state index in [9.17, 15) is 18.0 Å². The van der Waals surface area contributed by atoms with Gasteiger partial charge in [-0.3, -0.25) is 0 Å². The van der Waals surface area contributed by atoms with Gasteiger partial charge in [0.25, 0.3) is 0 Å². The van der Waals surface area contributed by atoms with Crippen molar-refractivity contribution in [2.24, 2.45) is 0 Å². The second kappa shape index (κ2) is 12.5. The van der Waals surface area contributed by atoms with Crippen LogP contribution in [0.3, 0.4) is 0 Å². The number of rotatable bonds is 11. The number of carbonyl (C=O) groups excluding carboxylic acids is 1. The summed E-state index contributed by atoms with van der Waals surface area (Å²) in [5.41, 5.74) is 2.91. The molecule has 5 aromatic rings. The first kappa shape index (κ1) is 31.9. The number of benzene rings is 2. The number of aromatic nitrogens is 5. The monoisotopic (exact) mass is 644 g/mol. The van der Waals surface area contributed by atoms with Crippen LogP contribution in [-0.2, 0) is 22.5 Å². The van der Waals surface area contributed by atoms with Gasteiger partial charge < -0.3 is 23.9 Å². The SMILES string of the molecule is COC(=O)c1onc(C)c1C(Nc1ccc2c(c1)ncn2COCC[Si](C)(C)C)c1ccc(-c2cnn(C(F)(F)F)c2)cc1F. The molecular formula is C30H32F4N6O4Si. The highest BCUT2D eigenvalue weighted by Gasteiger charge is 2.33. The van der Waals surface area contributed by atoms with Crippen LogP contribution in [0, 0.1) is 12.7 Å². The Labute approximate surface area is 256 Å². The number of esters is 1. The first-order valence-electron chi connectivity index (χ1n) is 14.0. The number of imidazole rings is 1. The van der Waals surface area contributed by atoms with E-state index in [-0.39, 0.29) is 32.7 Å². The number of nitrogens with zero attached hydrogens (tertiary/aromatic N) is 5. The summed E-state index contributed by atoms with van der Waals surface area (Å²) in [6.07, 6.45) is -1.25. The number of alkyl halides is 3. The Morgan fingerprint density at radius 2 is 1.91 bits per heavy atom. The molecule has 0 aliphatic carbocycles. The molecule has 15 heteroatoms. The van der Waals surface area contributed by atoms with Crippen LogP contribution in [0.15, 0.2) is 59.6 Å². The molecule has 238 valence electrons. The summed E-state index contributed by atoms with van der Waals surface area (Å²) in [7, 11) is -0.0428. The summed E-state index contributed by atoms with van der Waals surface area (Å²) in [5.74, 6) is -1.78. The van der Waals surface area contributed by atoms with E-state index in [0.717, 1.165) is 30.0 Å². The third-order valence-corrected chi connectivity index (χ3v) is 8.92. The predicted octanol–water partition coefficient (Wildman–Crippen LogP) is 7.11. The first-order valence-corrected chi connectivity index (χ1v) is 17.7. The zero-order valence-electron chi connectivity index (χ0n) is 25.3. The number of hydrogen-bond donors (Lipinski definition) is 1. The number of anilines is 1. The fraction of sp³-hybridized carbons (Fsp3) is 0.333. The van der Waals surface area contributed by atoms with Crippen molar-refractivity contribution in [1.82, 2.24) is 24.5 Å². The molecule has 3 heterocycles. The topological polar surface area (TPSA) is 109 Å². The minimum absolute atomic E-state index is 0.0733. The summed E-state index contributed by atoms with van der Waals surface area (Å²) < 4.78 is 72.8. The molecule has 0 aliphatic heterocycles. The molecule has 1 unspecified atom stereocenters. The second-order valence-corrected chi connectivity index (χ2v) is 17.3. The van der Waals surface area contributed by atoms with Gasteiger partial charge in [-0.2, -0.15) is 9.78 Å². The Morgan fingerprint density at radius 1 is 1.13 bits per heavy atom. The number of aryl methyl sites for hydroxylation is 1. The lowest BCUT2D eigenvalue weighted by Gasteiger charge is -2.22. The molecule has 0 saturated heterocycles. The summed E-state index contributed by atoms with van der Waals surface area (Å²) >= 11 is 0. The molecule has 0 radical (unpaired) electrons. The molecule has 0 aliphatic rings. The number of carbonyl (C=O) groups is 1. The largest absolute Gasteiger partial charge is 0.504 e. The fourth-order valence-electron chi connectivity index (χ4n) is 4.78. The van der Waals surface area contributed by atoms with Gasteiger partial charge in [0.1, 0.15) is 12.5 Å². The molecule has 10 nitrogen and oxygen atoms in total. The van der Waals surface area contributed by atoms with E-state index < -0.39 is 32.2 Å². The summed E-state index contributed by atoms with van der Waals surface area (Å²) in [5, 5.41) is 10.5. The van der Waals surface area contributed by atoms with E-state index in [2.05, 4.69) is 40.2 Å².